The number of halogens is 1. The van der Waals surface area contributed by atoms with Crippen molar-refractivity contribution >= 4 is 33.0 Å². The normalized spacial score (nSPS) is 11.0. The Hall–Kier alpha value is -2.58. The molecule has 0 aliphatic heterocycles. The summed E-state index contributed by atoms with van der Waals surface area (Å²) in [5.41, 5.74) is 0.564. The second-order valence-corrected chi connectivity index (χ2v) is 7.62. The largest absolute Gasteiger partial charge is 0.495 e. The van der Waals surface area contributed by atoms with Crippen LogP contribution in [0.3, 0.4) is 0 Å². The van der Waals surface area contributed by atoms with Crippen molar-refractivity contribution in [2.24, 2.45) is 0 Å². The van der Waals surface area contributed by atoms with Crippen molar-refractivity contribution in [2.75, 3.05) is 18.0 Å². The van der Waals surface area contributed by atoms with Crippen molar-refractivity contribution in [2.45, 2.75) is 11.8 Å². The quantitative estimate of drug-likeness (QED) is 0.401. The number of nitrogens with zero attached hydrogens (tertiary/aromatic N) is 2. The summed E-state index contributed by atoms with van der Waals surface area (Å²) in [5, 5.41) is 11.2. The van der Waals surface area contributed by atoms with E-state index in [0.29, 0.717) is 11.3 Å². The molecule has 0 fully saturated rings. The Kier molecular flexibility index (Phi) is 5.89. The van der Waals surface area contributed by atoms with E-state index in [9.17, 15) is 18.5 Å². The first-order chi connectivity index (χ1) is 12.2. The maximum absolute atomic E-state index is 13.1. The minimum absolute atomic E-state index is 0.0592. The molecule has 0 amide bonds. The van der Waals surface area contributed by atoms with Gasteiger partial charge in [-0.25, -0.2) is 8.42 Å². The molecule has 0 aliphatic carbocycles. The number of nitro groups is 1. The number of aryl methyl sites for hydroxylation is 1. The van der Waals surface area contributed by atoms with Gasteiger partial charge in [-0.2, -0.15) is 0 Å². The summed E-state index contributed by atoms with van der Waals surface area (Å²) >= 11 is 6.04. The molecule has 7 nitrogen and oxygen atoms in total. The van der Waals surface area contributed by atoms with Crippen LogP contribution in [0.5, 0.6) is 5.75 Å². The Morgan fingerprint density at radius 2 is 2.00 bits per heavy atom. The lowest BCUT2D eigenvalue weighted by Crippen LogP contribution is -2.31. The zero-order valence-electron chi connectivity index (χ0n) is 14.2. The highest BCUT2D eigenvalue weighted by Crippen LogP contribution is 2.33. The topological polar surface area (TPSA) is 89.8 Å². The minimum Gasteiger partial charge on any atom is -0.495 e. The molecule has 0 N–H and O–H groups in total. The van der Waals surface area contributed by atoms with Gasteiger partial charge in [-0.1, -0.05) is 23.7 Å². The number of rotatable bonds is 7. The van der Waals surface area contributed by atoms with E-state index >= 15 is 0 Å². The van der Waals surface area contributed by atoms with E-state index in [1.807, 2.05) is 0 Å². The zero-order chi connectivity index (χ0) is 19.5. The fraction of sp³-hybridized carbons (Fsp3) is 0.176. The van der Waals surface area contributed by atoms with Gasteiger partial charge >= 0.3 is 0 Å². The van der Waals surface area contributed by atoms with Crippen molar-refractivity contribution in [1.29, 1.82) is 0 Å². The van der Waals surface area contributed by atoms with Crippen LogP contribution in [0.4, 0.5) is 11.4 Å². The van der Waals surface area contributed by atoms with E-state index in [1.54, 1.807) is 6.92 Å². The molecule has 0 aliphatic rings. The summed E-state index contributed by atoms with van der Waals surface area (Å²) in [6.45, 7) is 5.19. The van der Waals surface area contributed by atoms with Crippen molar-refractivity contribution in [1.82, 2.24) is 0 Å². The standard InChI is InChI=1S/C17H17ClN2O5S/c1-4-9-19(16-10-13(20(21)22)6-5-12(16)2)26(23,24)14-7-8-17(25-3)15(18)11-14/h4-8,10-11H,1,9H2,2-3H3. The monoisotopic (exact) mass is 396 g/mol. The average molecular weight is 397 g/mol. The third-order valence-corrected chi connectivity index (χ3v) is 5.75. The van der Waals surface area contributed by atoms with Gasteiger partial charge in [-0.15, -0.1) is 6.58 Å². The highest BCUT2D eigenvalue weighted by atomic mass is 35.5. The summed E-state index contributed by atoms with van der Waals surface area (Å²) in [6.07, 6.45) is 1.40. The van der Waals surface area contributed by atoms with Crippen LogP contribution in [0.15, 0.2) is 53.9 Å². The number of hydrogen-bond acceptors (Lipinski definition) is 5. The molecule has 2 aromatic carbocycles. The third kappa shape index (κ3) is 3.81. The van der Waals surface area contributed by atoms with Crippen molar-refractivity contribution in [3.05, 3.63) is 69.8 Å². The van der Waals surface area contributed by atoms with Gasteiger partial charge in [0.1, 0.15) is 5.75 Å². The highest BCUT2D eigenvalue weighted by molar-refractivity contribution is 7.92. The van der Waals surface area contributed by atoms with Crippen LogP contribution in [0.25, 0.3) is 0 Å². The molecule has 0 saturated heterocycles. The fourth-order valence-corrected chi connectivity index (χ4v) is 4.20. The van der Waals surface area contributed by atoms with Crippen molar-refractivity contribution in [3.8, 4) is 5.75 Å². The van der Waals surface area contributed by atoms with Gasteiger partial charge in [0.05, 0.1) is 34.2 Å². The highest BCUT2D eigenvalue weighted by Gasteiger charge is 2.27. The second kappa shape index (κ2) is 7.76. The number of methoxy groups -OCH3 is 1. The van der Waals surface area contributed by atoms with E-state index in [2.05, 4.69) is 6.58 Å². The summed E-state index contributed by atoms with van der Waals surface area (Å²) < 4.78 is 32.3. The molecule has 0 heterocycles. The lowest BCUT2D eigenvalue weighted by Gasteiger charge is -2.25. The molecule has 138 valence electrons. The second-order valence-electron chi connectivity index (χ2n) is 5.35. The molecule has 0 saturated carbocycles. The van der Waals surface area contributed by atoms with Crippen LogP contribution in [0.2, 0.25) is 5.02 Å². The van der Waals surface area contributed by atoms with Crippen LogP contribution in [-0.2, 0) is 10.0 Å². The molecule has 0 atom stereocenters. The SMILES string of the molecule is C=CCN(c1cc([N+](=O)[O-])ccc1C)S(=O)(=O)c1ccc(OC)c(Cl)c1. The maximum atomic E-state index is 13.1. The molecule has 0 spiro atoms. The van der Waals surface area contributed by atoms with Gasteiger partial charge < -0.3 is 4.74 Å². The van der Waals surface area contributed by atoms with Crippen LogP contribution in [0.1, 0.15) is 5.56 Å². The van der Waals surface area contributed by atoms with Gasteiger partial charge in [0.25, 0.3) is 15.7 Å². The number of nitro benzene ring substituents is 1. The van der Waals surface area contributed by atoms with E-state index in [1.165, 1.54) is 49.6 Å². The summed E-state index contributed by atoms with van der Waals surface area (Å²) in [6, 6.07) is 8.13. The smallest absolute Gasteiger partial charge is 0.271 e. The first-order valence-corrected chi connectivity index (χ1v) is 9.26. The number of sulfonamides is 1. The summed E-state index contributed by atoms with van der Waals surface area (Å²) in [5.74, 6) is 0.340. The van der Waals surface area contributed by atoms with E-state index < -0.39 is 14.9 Å². The Bertz CT molecular complexity index is 960. The first kappa shape index (κ1) is 19.7. The number of benzene rings is 2. The molecule has 0 radical (unpaired) electrons. The number of non-ortho nitro benzene ring substituents is 1. The lowest BCUT2D eigenvalue weighted by molar-refractivity contribution is -0.384. The van der Waals surface area contributed by atoms with Crippen LogP contribution in [-0.4, -0.2) is 27.0 Å². The fourth-order valence-electron chi connectivity index (χ4n) is 2.36. The molecule has 9 heteroatoms. The van der Waals surface area contributed by atoms with E-state index in [0.717, 1.165) is 4.31 Å². The molecule has 2 aromatic rings. The van der Waals surface area contributed by atoms with Crippen LogP contribution >= 0.6 is 11.6 Å². The average Bonchev–Trinajstić information content (AvgIpc) is 2.60. The Balaban J connectivity index is 2.62. The van der Waals surface area contributed by atoms with Gasteiger partial charge in [0, 0.05) is 12.1 Å². The Labute approximate surface area is 156 Å². The van der Waals surface area contributed by atoms with Gasteiger partial charge in [-0.05, 0) is 30.7 Å². The third-order valence-electron chi connectivity index (χ3n) is 3.68. The Morgan fingerprint density at radius 1 is 1.31 bits per heavy atom. The summed E-state index contributed by atoms with van der Waals surface area (Å²) in [7, 11) is -2.61. The van der Waals surface area contributed by atoms with Crippen molar-refractivity contribution < 1.29 is 18.1 Å². The number of ether oxygens (including phenoxy) is 1. The minimum atomic E-state index is -4.03. The molecule has 0 bridgehead atoms. The predicted molar refractivity (Wildman–Crippen MR) is 101 cm³/mol. The van der Waals surface area contributed by atoms with E-state index in [4.69, 9.17) is 16.3 Å². The molecular formula is C17H17ClN2O5S. The summed E-state index contributed by atoms with van der Waals surface area (Å²) in [4.78, 5) is 10.4. The molecule has 26 heavy (non-hydrogen) atoms. The van der Waals surface area contributed by atoms with Crippen LogP contribution < -0.4 is 9.04 Å². The lowest BCUT2D eigenvalue weighted by atomic mass is 10.2. The molecule has 2 rings (SSSR count). The molecule has 0 unspecified atom stereocenters. The predicted octanol–water partition coefficient (Wildman–Crippen LogP) is 3.95. The number of anilines is 1. The first-order valence-electron chi connectivity index (χ1n) is 7.44. The van der Waals surface area contributed by atoms with Gasteiger partial charge in [0.15, 0.2) is 0 Å². The van der Waals surface area contributed by atoms with Gasteiger partial charge in [-0.3, -0.25) is 14.4 Å². The molecular weight excluding hydrogens is 380 g/mol. The van der Waals surface area contributed by atoms with Crippen LogP contribution in [0, 0.1) is 17.0 Å². The zero-order valence-corrected chi connectivity index (χ0v) is 15.7. The number of hydrogen-bond donors (Lipinski definition) is 0. The van der Waals surface area contributed by atoms with E-state index in [-0.39, 0.29) is 27.8 Å². The van der Waals surface area contributed by atoms with Crippen molar-refractivity contribution in [3.63, 3.8) is 0 Å². The molecule has 0 aromatic heterocycles. The van der Waals surface area contributed by atoms with Gasteiger partial charge in [0.2, 0.25) is 0 Å². The Morgan fingerprint density at radius 3 is 2.54 bits per heavy atom. The maximum Gasteiger partial charge on any atom is 0.271 e.